The number of carbonyl (C=O) groups is 1. The minimum absolute atomic E-state index is 0.135. The van der Waals surface area contributed by atoms with Gasteiger partial charge in [-0.3, -0.25) is 4.68 Å². The van der Waals surface area contributed by atoms with Crippen molar-refractivity contribution in [2.45, 2.75) is 52.4 Å². The Balaban J connectivity index is 2.52. The molecule has 2 N–H and O–H groups in total. The van der Waals surface area contributed by atoms with E-state index in [9.17, 15) is 9.90 Å². The number of aromatic nitrogens is 2. The van der Waals surface area contributed by atoms with Crippen molar-refractivity contribution in [2.24, 2.45) is 7.05 Å². The van der Waals surface area contributed by atoms with Crippen LogP contribution in [0.15, 0.2) is 12.4 Å². The maximum Gasteiger partial charge on any atom is 0.410 e. The molecule has 0 radical (unpaired) electrons. The van der Waals surface area contributed by atoms with Crippen LogP contribution in [0.5, 0.6) is 0 Å². The molecule has 132 valence electrons. The summed E-state index contributed by atoms with van der Waals surface area (Å²) < 4.78 is 7.14. The van der Waals surface area contributed by atoms with E-state index >= 15 is 0 Å². The Bertz CT molecular complexity index is 494. The number of hydrogen-bond acceptors (Lipinski definition) is 5. The van der Waals surface area contributed by atoms with E-state index in [0.717, 1.165) is 5.56 Å². The Morgan fingerprint density at radius 2 is 2.13 bits per heavy atom. The van der Waals surface area contributed by atoms with Gasteiger partial charge in [0.2, 0.25) is 0 Å². The molecule has 0 bridgehead atoms. The van der Waals surface area contributed by atoms with Crippen LogP contribution < -0.4 is 5.32 Å². The monoisotopic (exact) mass is 326 g/mol. The Hall–Kier alpha value is -1.60. The van der Waals surface area contributed by atoms with Gasteiger partial charge < -0.3 is 20.1 Å². The summed E-state index contributed by atoms with van der Waals surface area (Å²) in [4.78, 5) is 13.7. The SMILES string of the molecule is CC(O)CN(CCNC(C)c1cnn(C)c1)C(=O)OC(C)(C)C. The molecular weight excluding hydrogens is 296 g/mol. The van der Waals surface area contributed by atoms with Crippen molar-refractivity contribution in [3.63, 3.8) is 0 Å². The van der Waals surface area contributed by atoms with Crippen molar-refractivity contribution in [3.8, 4) is 0 Å². The molecular formula is C16H30N4O3. The maximum atomic E-state index is 12.2. The molecule has 0 spiro atoms. The van der Waals surface area contributed by atoms with Gasteiger partial charge in [-0.15, -0.1) is 0 Å². The molecule has 2 unspecified atom stereocenters. The zero-order valence-corrected chi connectivity index (χ0v) is 15.0. The van der Waals surface area contributed by atoms with Gasteiger partial charge in [0.1, 0.15) is 5.60 Å². The number of amides is 1. The van der Waals surface area contributed by atoms with Gasteiger partial charge in [-0.1, -0.05) is 0 Å². The summed E-state index contributed by atoms with van der Waals surface area (Å²) in [5, 5.41) is 17.1. The molecule has 23 heavy (non-hydrogen) atoms. The first-order valence-electron chi connectivity index (χ1n) is 7.96. The quantitative estimate of drug-likeness (QED) is 0.797. The van der Waals surface area contributed by atoms with Crippen molar-refractivity contribution in [1.82, 2.24) is 20.0 Å². The number of rotatable bonds is 7. The zero-order chi connectivity index (χ0) is 17.6. The zero-order valence-electron chi connectivity index (χ0n) is 15.0. The molecule has 0 aromatic carbocycles. The second-order valence-electron chi connectivity index (χ2n) is 6.90. The fourth-order valence-electron chi connectivity index (χ4n) is 2.10. The van der Waals surface area contributed by atoms with Gasteiger partial charge in [-0.25, -0.2) is 4.79 Å². The smallest absolute Gasteiger partial charge is 0.410 e. The lowest BCUT2D eigenvalue weighted by Crippen LogP contribution is -2.43. The topological polar surface area (TPSA) is 79.6 Å². The van der Waals surface area contributed by atoms with Gasteiger partial charge in [-0.2, -0.15) is 5.10 Å². The summed E-state index contributed by atoms with van der Waals surface area (Å²) in [7, 11) is 1.88. The summed E-state index contributed by atoms with van der Waals surface area (Å²) in [5.41, 5.74) is 0.539. The second kappa shape index (κ2) is 8.31. The normalized spacial score (nSPS) is 14.4. The number of carbonyl (C=O) groups excluding carboxylic acids is 1. The lowest BCUT2D eigenvalue weighted by molar-refractivity contribution is 0.0163. The third-order valence-corrected chi connectivity index (χ3v) is 3.19. The van der Waals surface area contributed by atoms with E-state index < -0.39 is 17.8 Å². The first-order chi connectivity index (χ1) is 10.6. The van der Waals surface area contributed by atoms with E-state index in [1.54, 1.807) is 11.6 Å². The molecule has 7 heteroatoms. The Morgan fingerprint density at radius 1 is 1.48 bits per heavy atom. The van der Waals surface area contributed by atoms with E-state index in [2.05, 4.69) is 10.4 Å². The van der Waals surface area contributed by atoms with Crippen molar-refractivity contribution < 1.29 is 14.6 Å². The van der Waals surface area contributed by atoms with Crippen LogP contribution in [0.1, 0.15) is 46.2 Å². The lowest BCUT2D eigenvalue weighted by atomic mass is 10.2. The molecule has 2 atom stereocenters. The highest BCUT2D eigenvalue weighted by Crippen LogP contribution is 2.12. The van der Waals surface area contributed by atoms with Gasteiger partial charge in [0.05, 0.1) is 12.3 Å². The lowest BCUT2D eigenvalue weighted by Gasteiger charge is -2.28. The summed E-state index contributed by atoms with van der Waals surface area (Å²) in [6.07, 6.45) is 2.77. The third kappa shape index (κ3) is 7.47. The van der Waals surface area contributed by atoms with E-state index in [-0.39, 0.29) is 12.6 Å². The molecule has 1 aromatic heterocycles. The summed E-state index contributed by atoms with van der Waals surface area (Å²) in [6.45, 7) is 10.5. The van der Waals surface area contributed by atoms with Crippen LogP contribution in [-0.4, -0.2) is 57.2 Å². The van der Waals surface area contributed by atoms with E-state index in [4.69, 9.17) is 4.74 Å². The van der Waals surface area contributed by atoms with Crippen LogP contribution in [0, 0.1) is 0 Å². The van der Waals surface area contributed by atoms with Crippen molar-refractivity contribution in [3.05, 3.63) is 18.0 Å². The Kier molecular flexibility index (Phi) is 7.02. The predicted molar refractivity (Wildman–Crippen MR) is 89.1 cm³/mol. The number of nitrogens with zero attached hydrogens (tertiary/aromatic N) is 3. The Labute approximate surface area is 138 Å². The molecule has 1 amide bonds. The fraction of sp³-hybridized carbons (Fsp3) is 0.750. The first kappa shape index (κ1) is 19.4. The first-order valence-corrected chi connectivity index (χ1v) is 7.96. The molecule has 0 aliphatic heterocycles. The Morgan fingerprint density at radius 3 is 2.61 bits per heavy atom. The van der Waals surface area contributed by atoms with E-state index in [0.29, 0.717) is 13.1 Å². The van der Waals surface area contributed by atoms with Gasteiger partial charge in [-0.05, 0) is 34.6 Å². The molecule has 0 saturated heterocycles. The highest BCUT2D eigenvalue weighted by atomic mass is 16.6. The van der Waals surface area contributed by atoms with Crippen molar-refractivity contribution >= 4 is 6.09 Å². The van der Waals surface area contributed by atoms with Gasteiger partial charge in [0, 0.05) is 44.5 Å². The number of ether oxygens (including phenoxy) is 1. The number of hydrogen-bond donors (Lipinski definition) is 2. The molecule has 1 heterocycles. The van der Waals surface area contributed by atoms with Gasteiger partial charge in [0.25, 0.3) is 0 Å². The van der Waals surface area contributed by atoms with Crippen molar-refractivity contribution in [2.75, 3.05) is 19.6 Å². The summed E-state index contributed by atoms with van der Waals surface area (Å²) in [5.74, 6) is 0. The molecule has 1 rings (SSSR count). The van der Waals surface area contributed by atoms with Crippen molar-refractivity contribution in [1.29, 1.82) is 0 Å². The number of aliphatic hydroxyl groups excluding tert-OH is 1. The molecule has 0 saturated carbocycles. The average Bonchev–Trinajstić information content (AvgIpc) is 2.81. The molecule has 7 nitrogen and oxygen atoms in total. The number of aryl methyl sites for hydroxylation is 1. The van der Waals surface area contributed by atoms with Crippen LogP contribution in [0.3, 0.4) is 0 Å². The summed E-state index contributed by atoms with van der Waals surface area (Å²) in [6, 6.07) is 0.135. The van der Waals surface area contributed by atoms with Gasteiger partial charge in [0.15, 0.2) is 0 Å². The molecule has 0 aliphatic carbocycles. The second-order valence-corrected chi connectivity index (χ2v) is 6.90. The predicted octanol–water partition coefficient (Wildman–Crippen LogP) is 1.69. The van der Waals surface area contributed by atoms with Gasteiger partial charge >= 0.3 is 6.09 Å². The summed E-state index contributed by atoms with van der Waals surface area (Å²) >= 11 is 0. The molecule has 0 fully saturated rings. The average molecular weight is 326 g/mol. The highest BCUT2D eigenvalue weighted by molar-refractivity contribution is 5.68. The van der Waals surface area contributed by atoms with Crippen LogP contribution in [0.4, 0.5) is 4.79 Å². The third-order valence-electron chi connectivity index (χ3n) is 3.19. The van der Waals surface area contributed by atoms with Crippen LogP contribution in [-0.2, 0) is 11.8 Å². The largest absolute Gasteiger partial charge is 0.444 e. The van der Waals surface area contributed by atoms with Crippen LogP contribution in [0.2, 0.25) is 0 Å². The number of aliphatic hydroxyl groups is 1. The maximum absolute atomic E-state index is 12.2. The fourth-order valence-corrected chi connectivity index (χ4v) is 2.10. The molecule has 1 aromatic rings. The highest BCUT2D eigenvalue weighted by Gasteiger charge is 2.23. The number of nitrogens with one attached hydrogen (secondary N) is 1. The van der Waals surface area contributed by atoms with E-state index in [1.807, 2.05) is 47.1 Å². The minimum atomic E-state index is -0.599. The van der Waals surface area contributed by atoms with E-state index in [1.165, 1.54) is 4.90 Å². The molecule has 0 aliphatic rings. The van der Waals surface area contributed by atoms with Crippen LogP contribution in [0.25, 0.3) is 0 Å². The van der Waals surface area contributed by atoms with Crippen LogP contribution >= 0.6 is 0 Å². The standard InChI is InChI=1S/C16H30N4O3/c1-12(21)10-20(15(22)23-16(3,4)5)8-7-17-13(2)14-9-18-19(6)11-14/h9,11-13,17,21H,7-8,10H2,1-6H3. The minimum Gasteiger partial charge on any atom is -0.444 e.